The number of benzene rings is 2. The van der Waals surface area contributed by atoms with Gasteiger partial charge in [0.15, 0.2) is 0 Å². The van der Waals surface area contributed by atoms with Crippen molar-refractivity contribution < 1.29 is 14.3 Å². The van der Waals surface area contributed by atoms with Crippen molar-refractivity contribution >= 4 is 35.1 Å². The molecule has 3 heterocycles. The molecule has 1 saturated heterocycles. The molecule has 3 aromatic rings. The fraction of sp³-hybridized carbons (Fsp3) is 0.261. The molecule has 1 unspecified atom stereocenters. The molecule has 2 amide bonds. The van der Waals surface area contributed by atoms with Crippen LogP contribution in [0, 0.1) is 5.92 Å². The van der Waals surface area contributed by atoms with Gasteiger partial charge in [-0.15, -0.1) is 0 Å². The zero-order chi connectivity index (χ0) is 21.4. The summed E-state index contributed by atoms with van der Waals surface area (Å²) in [5.41, 5.74) is 3.71. The van der Waals surface area contributed by atoms with Crippen molar-refractivity contribution in [3.05, 3.63) is 65.9 Å². The fourth-order valence-corrected chi connectivity index (χ4v) is 5.06. The number of thioether (sulfide) groups is 1. The Balaban J connectivity index is 1.38. The van der Waals surface area contributed by atoms with Gasteiger partial charge in [-0.3, -0.25) is 9.59 Å². The normalized spacial score (nSPS) is 17.6. The summed E-state index contributed by atoms with van der Waals surface area (Å²) in [6, 6.07) is 17.1. The van der Waals surface area contributed by atoms with E-state index in [0.29, 0.717) is 18.1 Å². The molecule has 1 fully saturated rings. The van der Waals surface area contributed by atoms with E-state index >= 15 is 0 Å². The third-order valence-corrected chi connectivity index (χ3v) is 6.63. The summed E-state index contributed by atoms with van der Waals surface area (Å²) in [6.45, 7) is 0.342. The van der Waals surface area contributed by atoms with Crippen LogP contribution in [0.2, 0.25) is 0 Å². The quantitative estimate of drug-likeness (QED) is 0.664. The molecule has 8 heteroatoms. The number of anilines is 2. The molecule has 0 aliphatic carbocycles. The number of hydrogen-bond donors (Lipinski definition) is 1. The molecule has 2 aromatic carbocycles. The van der Waals surface area contributed by atoms with E-state index in [0.717, 1.165) is 34.1 Å². The second kappa shape index (κ2) is 8.11. The predicted octanol–water partition coefficient (Wildman–Crippen LogP) is 3.62. The zero-order valence-corrected chi connectivity index (χ0v) is 17.9. The largest absolute Gasteiger partial charge is 0.497 e. The maximum Gasteiger partial charge on any atom is 0.230 e. The number of methoxy groups -OCH3 is 1. The Labute approximate surface area is 184 Å². The highest BCUT2D eigenvalue weighted by molar-refractivity contribution is 7.98. The Bertz CT molecular complexity index is 1140. The van der Waals surface area contributed by atoms with E-state index in [9.17, 15) is 9.59 Å². The van der Waals surface area contributed by atoms with E-state index in [1.165, 1.54) is 0 Å². The third-order valence-electron chi connectivity index (χ3n) is 5.66. The number of ether oxygens (including phenoxy) is 1. The van der Waals surface area contributed by atoms with Crippen molar-refractivity contribution in [2.24, 2.45) is 5.92 Å². The number of nitrogens with one attached hydrogen (secondary N) is 1. The van der Waals surface area contributed by atoms with Crippen LogP contribution in [-0.2, 0) is 21.1 Å². The van der Waals surface area contributed by atoms with Crippen LogP contribution in [-0.4, -0.2) is 35.2 Å². The zero-order valence-electron chi connectivity index (χ0n) is 17.1. The summed E-state index contributed by atoms with van der Waals surface area (Å²) in [7, 11) is 1.59. The van der Waals surface area contributed by atoms with Crippen molar-refractivity contribution in [3.8, 4) is 11.4 Å². The lowest BCUT2D eigenvalue weighted by molar-refractivity contribution is -0.122. The van der Waals surface area contributed by atoms with Crippen molar-refractivity contribution in [2.75, 3.05) is 23.9 Å². The summed E-state index contributed by atoms with van der Waals surface area (Å²) in [5, 5.41) is 7.82. The van der Waals surface area contributed by atoms with Crippen molar-refractivity contribution in [2.45, 2.75) is 17.9 Å². The molecule has 158 valence electrons. The van der Waals surface area contributed by atoms with E-state index in [-0.39, 0.29) is 18.2 Å². The molecule has 0 bridgehead atoms. The van der Waals surface area contributed by atoms with E-state index < -0.39 is 5.92 Å². The Morgan fingerprint density at radius 3 is 2.74 bits per heavy atom. The first kappa shape index (κ1) is 19.7. The lowest BCUT2D eigenvalue weighted by Gasteiger charge is -2.18. The molecule has 0 radical (unpaired) electrons. The second-order valence-corrected chi connectivity index (χ2v) is 8.60. The highest BCUT2D eigenvalue weighted by Crippen LogP contribution is 2.37. The van der Waals surface area contributed by atoms with Gasteiger partial charge in [-0.05, 0) is 24.3 Å². The van der Waals surface area contributed by atoms with Crippen LogP contribution in [0.1, 0.15) is 17.7 Å². The first-order chi connectivity index (χ1) is 15.1. The molecule has 0 saturated carbocycles. The summed E-state index contributed by atoms with van der Waals surface area (Å²) in [6.07, 6.45) is 0.180. The van der Waals surface area contributed by atoms with Crippen molar-refractivity contribution in [1.29, 1.82) is 0 Å². The number of carbonyl (C=O) groups excluding carboxylic acids is 2. The molecule has 1 N–H and O–H groups in total. The van der Waals surface area contributed by atoms with Gasteiger partial charge in [-0.2, -0.15) is 16.9 Å². The van der Waals surface area contributed by atoms with Gasteiger partial charge in [0.1, 0.15) is 11.6 Å². The van der Waals surface area contributed by atoms with Crippen LogP contribution in [0.3, 0.4) is 0 Å². The minimum Gasteiger partial charge on any atom is -0.497 e. The topological polar surface area (TPSA) is 76.5 Å². The standard InChI is InChI=1S/C23H22N4O3S/c1-30-18-9-5-8-17(11-18)26-12-15(10-21(26)28)23(29)24-22-19-13-31-14-20(19)25-27(22)16-6-3-2-4-7-16/h2-9,11,15H,10,12-14H2,1H3,(H,24,29). The summed E-state index contributed by atoms with van der Waals surface area (Å²) >= 11 is 1.79. The van der Waals surface area contributed by atoms with Gasteiger partial charge < -0.3 is 15.0 Å². The van der Waals surface area contributed by atoms with Gasteiger partial charge in [0, 0.05) is 41.8 Å². The van der Waals surface area contributed by atoms with Gasteiger partial charge in [0.05, 0.1) is 24.4 Å². The molecular formula is C23H22N4O3S. The predicted molar refractivity (Wildman–Crippen MR) is 121 cm³/mol. The highest BCUT2D eigenvalue weighted by atomic mass is 32.2. The van der Waals surface area contributed by atoms with E-state index in [2.05, 4.69) is 5.32 Å². The average Bonchev–Trinajstić information content (AvgIpc) is 3.50. The molecule has 1 aromatic heterocycles. The average molecular weight is 435 g/mol. The van der Waals surface area contributed by atoms with E-state index in [1.54, 1.807) is 28.5 Å². The fourth-order valence-electron chi connectivity index (χ4n) is 4.03. The van der Waals surface area contributed by atoms with Crippen LogP contribution < -0.4 is 15.0 Å². The minimum absolute atomic E-state index is 0.0641. The summed E-state index contributed by atoms with van der Waals surface area (Å²) < 4.78 is 7.07. The molecular weight excluding hydrogens is 412 g/mol. The Morgan fingerprint density at radius 1 is 1.13 bits per heavy atom. The van der Waals surface area contributed by atoms with Crippen LogP contribution in [0.25, 0.3) is 5.69 Å². The molecule has 1 atom stereocenters. The number of amides is 2. The van der Waals surface area contributed by atoms with Crippen LogP contribution in [0.4, 0.5) is 11.5 Å². The van der Waals surface area contributed by atoms with E-state index in [1.807, 2.05) is 54.6 Å². The molecule has 5 rings (SSSR count). The Hall–Kier alpha value is -3.26. The molecule has 7 nitrogen and oxygen atoms in total. The van der Waals surface area contributed by atoms with Crippen LogP contribution in [0.5, 0.6) is 5.75 Å². The first-order valence-electron chi connectivity index (χ1n) is 10.1. The summed E-state index contributed by atoms with van der Waals surface area (Å²) in [4.78, 5) is 27.5. The van der Waals surface area contributed by atoms with Crippen LogP contribution >= 0.6 is 11.8 Å². The van der Waals surface area contributed by atoms with E-state index in [4.69, 9.17) is 9.84 Å². The maximum atomic E-state index is 13.2. The monoisotopic (exact) mass is 434 g/mol. The molecule has 31 heavy (non-hydrogen) atoms. The van der Waals surface area contributed by atoms with Gasteiger partial charge in [-0.1, -0.05) is 24.3 Å². The van der Waals surface area contributed by atoms with Gasteiger partial charge in [-0.25, -0.2) is 4.68 Å². The lowest BCUT2D eigenvalue weighted by Crippen LogP contribution is -2.28. The Morgan fingerprint density at radius 2 is 1.94 bits per heavy atom. The van der Waals surface area contributed by atoms with Crippen LogP contribution in [0.15, 0.2) is 54.6 Å². The number of para-hydroxylation sites is 1. The molecule has 2 aliphatic rings. The summed E-state index contributed by atoms with van der Waals surface area (Å²) in [5.74, 6) is 2.39. The number of rotatable bonds is 5. The van der Waals surface area contributed by atoms with Crippen molar-refractivity contribution in [1.82, 2.24) is 9.78 Å². The van der Waals surface area contributed by atoms with Crippen molar-refractivity contribution in [3.63, 3.8) is 0 Å². The Kier molecular flexibility index (Phi) is 5.15. The third kappa shape index (κ3) is 3.67. The minimum atomic E-state index is -0.428. The lowest BCUT2D eigenvalue weighted by atomic mass is 10.1. The second-order valence-electron chi connectivity index (χ2n) is 7.61. The van der Waals surface area contributed by atoms with Gasteiger partial charge in [0.25, 0.3) is 0 Å². The maximum absolute atomic E-state index is 13.2. The highest BCUT2D eigenvalue weighted by Gasteiger charge is 2.36. The SMILES string of the molecule is COc1cccc(N2CC(C(=O)Nc3c4c(nn3-c3ccccc3)CSC4)CC2=O)c1. The number of aromatic nitrogens is 2. The van der Waals surface area contributed by atoms with Gasteiger partial charge in [0.2, 0.25) is 11.8 Å². The smallest absolute Gasteiger partial charge is 0.230 e. The number of fused-ring (bicyclic) bond motifs is 1. The number of hydrogen-bond acceptors (Lipinski definition) is 5. The van der Waals surface area contributed by atoms with Gasteiger partial charge >= 0.3 is 0 Å². The first-order valence-corrected chi connectivity index (χ1v) is 11.3. The molecule has 2 aliphatic heterocycles. The molecule has 0 spiro atoms. The number of carbonyl (C=O) groups is 2. The number of nitrogens with zero attached hydrogens (tertiary/aromatic N) is 3.